The zero-order chi connectivity index (χ0) is 16.9. The van der Waals surface area contributed by atoms with Crippen molar-refractivity contribution in [1.29, 1.82) is 0 Å². The van der Waals surface area contributed by atoms with E-state index in [0.717, 1.165) is 22.6 Å². The molecular weight excluding hydrogens is 292 g/mol. The minimum atomic E-state index is 1.09. The van der Waals surface area contributed by atoms with E-state index in [1.165, 1.54) is 11.1 Å². The van der Waals surface area contributed by atoms with E-state index >= 15 is 0 Å². The molecule has 24 heavy (non-hydrogen) atoms. The highest BCUT2D eigenvalue weighted by Gasteiger charge is 2.15. The average molecular weight is 312 g/mol. The SMILES string of the molecule is C=CC=N/C=C(\C)c1cc2c(n1-c1ccc(C)cc1)C=C=CC=C2. The van der Waals surface area contributed by atoms with Crippen molar-refractivity contribution in [3.05, 3.63) is 89.6 Å². The molecule has 1 heterocycles. The summed E-state index contributed by atoms with van der Waals surface area (Å²) in [6.45, 7) is 7.83. The summed E-state index contributed by atoms with van der Waals surface area (Å²) >= 11 is 0. The van der Waals surface area contributed by atoms with E-state index in [0.29, 0.717) is 0 Å². The van der Waals surface area contributed by atoms with Gasteiger partial charge in [-0.25, -0.2) is 0 Å². The Balaban J connectivity index is 2.22. The van der Waals surface area contributed by atoms with Gasteiger partial charge >= 0.3 is 0 Å². The maximum atomic E-state index is 4.27. The second-order valence-electron chi connectivity index (χ2n) is 5.72. The van der Waals surface area contributed by atoms with Gasteiger partial charge in [0, 0.05) is 29.7 Å². The molecule has 0 spiro atoms. The molecule has 2 aromatic rings. The van der Waals surface area contributed by atoms with Gasteiger partial charge in [0.05, 0.1) is 11.4 Å². The number of hydrogen-bond acceptors (Lipinski definition) is 1. The van der Waals surface area contributed by atoms with Crippen molar-refractivity contribution in [3.63, 3.8) is 0 Å². The molecule has 1 aliphatic rings. The molecule has 0 N–H and O–H groups in total. The molecule has 0 saturated heterocycles. The topological polar surface area (TPSA) is 17.3 Å². The van der Waals surface area contributed by atoms with Crippen LogP contribution in [0.25, 0.3) is 23.4 Å². The van der Waals surface area contributed by atoms with Crippen molar-refractivity contribution in [2.75, 3.05) is 0 Å². The predicted molar refractivity (Wildman–Crippen MR) is 104 cm³/mol. The van der Waals surface area contributed by atoms with E-state index in [4.69, 9.17) is 0 Å². The third-order valence-corrected chi connectivity index (χ3v) is 3.91. The highest BCUT2D eigenvalue weighted by molar-refractivity contribution is 5.77. The summed E-state index contributed by atoms with van der Waals surface area (Å²) in [5.74, 6) is 0. The van der Waals surface area contributed by atoms with Gasteiger partial charge in [0.2, 0.25) is 0 Å². The second kappa shape index (κ2) is 6.99. The lowest BCUT2D eigenvalue weighted by Crippen LogP contribution is -2.01. The zero-order valence-electron chi connectivity index (χ0n) is 14.0. The molecule has 0 unspecified atom stereocenters. The Kier molecular flexibility index (Phi) is 4.60. The summed E-state index contributed by atoms with van der Waals surface area (Å²) in [6.07, 6.45) is 13.3. The molecule has 1 aliphatic carbocycles. The fraction of sp³-hybridized carbons (Fsp3) is 0.0909. The van der Waals surface area contributed by atoms with Crippen molar-refractivity contribution in [3.8, 4) is 5.69 Å². The number of aromatic nitrogens is 1. The normalized spacial score (nSPS) is 13.3. The number of aryl methyl sites for hydroxylation is 1. The van der Waals surface area contributed by atoms with Crippen LogP contribution >= 0.6 is 0 Å². The van der Waals surface area contributed by atoms with Crippen LogP contribution in [-0.2, 0) is 0 Å². The maximum Gasteiger partial charge on any atom is 0.0611 e. The van der Waals surface area contributed by atoms with Crippen LogP contribution in [0.15, 0.2) is 72.1 Å². The lowest BCUT2D eigenvalue weighted by atomic mass is 10.2. The number of aliphatic imine (C=N–C) groups is 1. The Morgan fingerprint density at radius 1 is 1.25 bits per heavy atom. The number of rotatable bonds is 4. The third-order valence-electron chi connectivity index (χ3n) is 3.91. The Morgan fingerprint density at radius 2 is 2.04 bits per heavy atom. The summed E-state index contributed by atoms with van der Waals surface area (Å²) in [7, 11) is 0. The molecule has 2 nitrogen and oxygen atoms in total. The Labute approximate surface area is 143 Å². The predicted octanol–water partition coefficient (Wildman–Crippen LogP) is 5.60. The van der Waals surface area contributed by atoms with E-state index in [9.17, 15) is 0 Å². The molecule has 3 rings (SSSR count). The molecule has 0 fully saturated rings. The first-order chi connectivity index (χ1) is 11.7. The lowest BCUT2D eigenvalue weighted by molar-refractivity contribution is 1.03. The molecule has 1 aromatic heterocycles. The Bertz CT molecular complexity index is 910. The van der Waals surface area contributed by atoms with Crippen molar-refractivity contribution in [2.24, 2.45) is 4.99 Å². The number of fused-ring (bicyclic) bond motifs is 1. The molecule has 0 aliphatic heterocycles. The quantitative estimate of drug-likeness (QED) is 0.516. The standard InChI is InChI=1S/C22H20N2/c1-4-14-23-16-18(3)22-15-19-8-6-5-7-9-21(19)24(22)20-12-10-17(2)11-13-20/h4-6,8-16H,1H2,2-3H3/b18-16+,23-14?. The minimum Gasteiger partial charge on any atom is -0.309 e. The molecule has 0 bridgehead atoms. The molecule has 0 amide bonds. The first kappa shape index (κ1) is 15.8. The van der Waals surface area contributed by atoms with Crippen LogP contribution in [0, 0.1) is 6.92 Å². The number of benzene rings is 1. The van der Waals surface area contributed by atoms with E-state index in [1.54, 1.807) is 12.3 Å². The first-order valence-corrected chi connectivity index (χ1v) is 7.94. The van der Waals surface area contributed by atoms with Crippen LogP contribution in [-0.4, -0.2) is 10.8 Å². The van der Waals surface area contributed by atoms with Gasteiger partial charge in [-0.05, 0) is 43.7 Å². The van der Waals surface area contributed by atoms with Crippen molar-refractivity contribution < 1.29 is 0 Å². The van der Waals surface area contributed by atoms with Crippen molar-refractivity contribution >= 4 is 23.9 Å². The third kappa shape index (κ3) is 3.15. The fourth-order valence-electron chi connectivity index (χ4n) is 2.70. The summed E-state index contributed by atoms with van der Waals surface area (Å²) in [5.41, 5.74) is 10.1. The Hall–Kier alpha value is -3.09. The van der Waals surface area contributed by atoms with Crippen LogP contribution in [0.4, 0.5) is 0 Å². The van der Waals surface area contributed by atoms with E-state index in [1.807, 2.05) is 24.4 Å². The monoisotopic (exact) mass is 312 g/mol. The van der Waals surface area contributed by atoms with E-state index in [-0.39, 0.29) is 0 Å². The van der Waals surface area contributed by atoms with Gasteiger partial charge in [-0.2, -0.15) is 0 Å². The Morgan fingerprint density at radius 3 is 2.79 bits per heavy atom. The smallest absolute Gasteiger partial charge is 0.0611 e. The van der Waals surface area contributed by atoms with Gasteiger partial charge in [-0.1, -0.05) is 42.5 Å². The number of hydrogen-bond donors (Lipinski definition) is 0. The van der Waals surface area contributed by atoms with Crippen LogP contribution in [0.2, 0.25) is 0 Å². The highest BCUT2D eigenvalue weighted by Crippen LogP contribution is 2.29. The second-order valence-corrected chi connectivity index (χ2v) is 5.72. The minimum absolute atomic E-state index is 1.09. The van der Waals surface area contributed by atoms with Gasteiger partial charge in [0.25, 0.3) is 0 Å². The molecule has 0 radical (unpaired) electrons. The molecule has 2 heteroatoms. The summed E-state index contributed by atoms with van der Waals surface area (Å²) in [5, 5.41) is 0. The molecule has 1 aromatic carbocycles. The van der Waals surface area contributed by atoms with Gasteiger partial charge < -0.3 is 4.57 Å². The summed E-state index contributed by atoms with van der Waals surface area (Å²) in [6, 6.07) is 10.7. The van der Waals surface area contributed by atoms with E-state index in [2.05, 4.69) is 72.1 Å². The summed E-state index contributed by atoms with van der Waals surface area (Å²) in [4.78, 5) is 4.27. The van der Waals surface area contributed by atoms with Gasteiger partial charge in [-0.15, -0.1) is 5.73 Å². The fourth-order valence-corrected chi connectivity index (χ4v) is 2.70. The lowest BCUT2D eigenvalue weighted by Gasteiger charge is -2.12. The van der Waals surface area contributed by atoms with Crippen LogP contribution in [0.3, 0.4) is 0 Å². The average Bonchev–Trinajstić information content (AvgIpc) is 2.79. The molecule has 0 atom stereocenters. The maximum absolute atomic E-state index is 4.27. The molecular formula is C22H20N2. The van der Waals surface area contributed by atoms with Crippen LogP contribution in [0.1, 0.15) is 29.4 Å². The number of allylic oxidation sites excluding steroid dienone is 4. The summed E-state index contributed by atoms with van der Waals surface area (Å²) < 4.78 is 2.25. The van der Waals surface area contributed by atoms with Gasteiger partial charge in [0.15, 0.2) is 0 Å². The molecule has 0 saturated carbocycles. The number of nitrogens with zero attached hydrogens (tertiary/aromatic N) is 2. The van der Waals surface area contributed by atoms with Crippen molar-refractivity contribution in [1.82, 2.24) is 4.57 Å². The van der Waals surface area contributed by atoms with E-state index < -0.39 is 0 Å². The van der Waals surface area contributed by atoms with Gasteiger partial charge in [0.1, 0.15) is 0 Å². The first-order valence-electron chi connectivity index (χ1n) is 7.94. The van der Waals surface area contributed by atoms with Crippen LogP contribution < -0.4 is 0 Å². The van der Waals surface area contributed by atoms with Gasteiger partial charge in [-0.3, -0.25) is 4.99 Å². The molecule has 118 valence electrons. The van der Waals surface area contributed by atoms with Crippen molar-refractivity contribution in [2.45, 2.75) is 13.8 Å². The zero-order valence-corrected chi connectivity index (χ0v) is 14.0. The van der Waals surface area contributed by atoms with Crippen LogP contribution in [0.5, 0.6) is 0 Å². The largest absolute Gasteiger partial charge is 0.309 e. The highest BCUT2D eigenvalue weighted by atomic mass is 15.0.